The van der Waals surface area contributed by atoms with Gasteiger partial charge < -0.3 is 19.5 Å². The average Bonchev–Trinajstić information content (AvgIpc) is 3.37. The van der Waals surface area contributed by atoms with Gasteiger partial charge in [-0.25, -0.2) is 8.42 Å². The summed E-state index contributed by atoms with van der Waals surface area (Å²) in [5.41, 5.74) is 1.66. The van der Waals surface area contributed by atoms with Crippen molar-refractivity contribution >= 4 is 33.2 Å². The topological polar surface area (TPSA) is 108 Å². The molecule has 0 saturated carbocycles. The molecule has 3 aromatic rings. The molecule has 1 aliphatic heterocycles. The highest BCUT2D eigenvalue weighted by Crippen LogP contribution is 2.32. The first-order valence-electron chi connectivity index (χ1n) is 12.9. The van der Waals surface area contributed by atoms with Gasteiger partial charge in [0.2, 0.25) is 5.91 Å². The van der Waals surface area contributed by atoms with Crippen LogP contribution >= 0.6 is 11.6 Å². The van der Waals surface area contributed by atoms with E-state index in [4.69, 9.17) is 21.1 Å². The smallest absolute Gasteiger partial charge is 0.262 e. The number of likely N-dealkylation sites (N-methyl/N-ethyl adjacent to an activating group) is 1. The highest BCUT2D eigenvalue weighted by atomic mass is 35.5. The van der Waals surface area contributed by atoms with E-state index in [-0.39, 0.29) is 40.8 Å². The van der Waals surface area contributed by atoms with Crippen LogP contribution in [0, 0.1) is 0 Å². The van der Waals surface area contributed by atoms with Gasteiger partial charge in [0.15, 0.2) is 11.5 Å². The molecule has 0 radical (unpaired) electrons. The van der Waals surface area contributed by atoms with Crippen molar-refractivity contribution in [2.45, 2.75) is 29.9 Å². The number of carbonyl (C=O) groups excluding carboxylic acids is 1. The standard InChI is InChI=1S/C29H34ClN3O6S/c1-32(26(20-7-5-4-6-8-20)19-33-14-13-23(34)18-33)29(35)16-21-15-22(30)9-11-25(21)31-40(36,37)24-10-12-27(38-2)28(17-24)39-3/h4-12,15,17,23,26,31,34H,13-14,16,18-19H2,1-3H3/t23-,26+/m0/s1. The zero-order valence-electron chi connectivity index (χ0n) is 22.7. The van der Waals surface area contributed by atoms with Gasteiger partial charge in [-0.3, -0.25) is 14.4 Å². The molecule has 1 heterocycles. The maximum atomic E-state index is 13.6. The average molecular weight is 588 g/mol. The second kappa shape index (κ2) is 12.9. The molecule has 1 saturated heterocycles. The fourth-order valence-electron chi connectivity index (χ4n) is 4.81. The number of nitrogens with one attached hydrogen (secondary N) is 1. The summed E-state index contributed by atoms with van der Waals surface area (Å²) in [5, 5.41) is 10.4. The molecule has 0 bridgehead atoms. The Labute approximate surface area is 240 Å². The van der Waals surface area contributed by atoms with Gasteiger partial charge >= 0.3 is 0 Å². The molecule has 2 atom stereocenters. The van der Waals surface area contributed by atoms with Crippen molar-refractivity contribution in [1.82, 2.24) is 9.80 Å². The molecular formula is C29H34ClN3O6S. The van der Waals surface area contributed by atoms with Crippen LogP contribution in [0.3, 0.4) is 0 Å². The minimum absolute atomic E-state index is 0.0218. The summed E-state index contributed by atoms with van der Waals surface area (Å²) in [4.78, 5) is 17.4. The molecule has 11 heteroatoms. The zero-order chi connectivity index (χ0) is 28.9. The molecule has 214 valence electrons. The van der Waals surface area contributed by atoms with E-state index in [1.165, 1.54) is 32.4 Å². The Hall–Kier alpha value is -3.31. The molecule has 3 aromatic carbocycles. The van der Waals surface area contributed by atoms with E-state index in [0.29, 0.717) is 35.8 Å². The van der Waals surface area contributed by atoms with Crippen LogP contribution in [0.2, 0.25) is 5.02 Å². The lowest BCUT2D eigenvalue weighted by Crippen LogP contribution is -2.39. The summed E-state index contributed by atoms with van der Waals surface area (Å²) in [7, 11) is 0.608. The van der Waals surface area contributed by atoms with Crippen molar-refractivity contribution < 1.29 is 27.8 Å². The number of benzene rings is 3. The fourth-order valence-corrected chi connectivity index (χ4v) is 6.12. The Morgan fingerprint density at radius 1 is 1.10 bits per heavy atom. The molecule has 2 N–H and O–H groups in total. The van der Waals surface area contributed by atoms with Crippen LogP contribution in [-0.4, -0.2) is 76.2 Å². The first-order chi connectivity index (χ1) is 19.1. The lowest BCUT2D eigenvalue weighted by Gasteiger charge is -2.32. The number of carbonyl (C=O) groups is 1. The van der Waals surface area contributed by atoms with E-state index in [2.05, 4.69) is 9.62 Å². The molecule has 9 nitrogen and oxygen atoms in total. The summed E-state index contributed by atoms with van der Waals surface area (Å²) in [6, 6.07) is 18.5. The number of hydrogen-bond acceptors (Lipinski definition) is 7. The van der Waals surface area contributed by atoms with Crippen LogP contribution in [0.5, 0.6) is 11.5 Å². The van der Waals surface area contributed by atoms with E-state index >= 15 is 0 Å². The molecule has 0 aliphatic carbocycles. The van der Waals surface area contributed by atoms with Gasteiger partial charge in [-0.15, -0.1) is 0 Å². The molecule has 1 fully saturated rings. The summed E-state index contributed by atoms with van der Waals surface area (Å²) in [6.07, 6.45) is 0.253. The summed E-state index contributed by atoms with van der Waals surface area (Å²) < 4.78 is 39.6. The van der Waals surface area contributed by atoms with Gasteiger partial charge in [0.05, 0.1) is 43.4 Å². The van der Waals surface area contributed by atoms with Crippen LogP contribution in [0.15, 0.2) is 71.6 Å². The van der Waals surface area contributed by atoms with E-state index in [1.54, 1.807) is 30.1 Å². The number of β-amino-alcohol motifs (C(OH)–C–C–N with tert-alkyl or cyclic N) is 1. The Bertz CT molecular complexity index is 1440. The second-order valence-electron chi connectivity index (χ2n) is 9.73. The third-order valence-corrected chi connectivity index (χ3v) is 8.64. The molecule has 4 rings (SSSR count). The number of amides is 1. The summed E-state index contributed by atoms with van der Waals surface area (Å²) in [6.45, 7) is 1.88. The minimum atomic E-state index is -4.03. The molecule has 0 spiro atoms. The highest BCUT2D eigenvalue weighted by Gasteiger charge is 2.29. The van der Waals surface area contributed by atoms with Gasteiger partial charge in [0.1, 0.15) is 0 Å². The number of anilines is 1. The number of nitrogens with zero attached hydrogens (tertiary/aromatic N) is 2. The van der Waals surface area contributed by atoms with Crippen molar-refractivity contribution in [3.8, 4) is 11.5 Å². The lowest BCUT2D eigenvalue weighted by atomic mass is 10.0. The van der Waals surface area contributed by atoms with Gasteiger partial charge in [0, 0.05) is 37.8 Å². The zero-order valence-corrected chi connectivity index (χ0v) is 24.3. The fraction of sp³-hybridized carbons (Fsp3) is 0.345. The number of rotatable bonds is 11. The maximum absolute atomic E-state index is 13.6. The van der Waals surface area contributed by atoms with Crippen molar-refractivity contribution in [1.29, 1.82) is 0 Å². The number of aliphatic hydroxyl groups excluding tert-OH is 1. The van der Waals surface area contributed by atoms with Crippen LogP contribution in [0.1, 0.15) is 23.6 Å². The summed E-state index contributed by atoms with van der Waals surface area (Å²) in [5.74, 6) is 0.470. The largest absolute Gasteiger partial charge is 0.493 e. The normalized spacial score (nSPS) is 16.4. The Morgan fingerprint density at radius 2 is 1.82 bits per heavy atom. The molecule has 40 heavy (non-hydrogen) atoms. The third kappa shape index (κ3) is 7.06. The first-order valence-corrected chi connectivity index (χ1v) is 14.7. The number of likely N-dealkylation sites (tertiary alicyclic amines) is 1. The van der Waals surface area contributed by atoms with Gasteiger partial charge in [-0.05, 0) is 47.9 Å². The predicted octanol–water partition coefficient (Wildman–Crippen LogP) is 3.97. The number of ether oxygens (including phenoxy) is 2. The quantitative estimate of drug-likeness (QED) is 0.349. The van der Waals surface area contributed by atoms with Crippen LogP contribution in [0.25, 0.3) is 0 Å². The van der Waals surface area contributed by atoms with E-state index in [9.17, 15) is 18.3 Å². The van der Waals surface area contributed by atoms with Crippen LogP contribution in [-0.2, 0) is 21.2 Å². The Kier molecular flexibility index (Phi) is 9.57. The molecule has 1 aliphatic rings. The second-order valence-corrected chi connectivity index (χ2v) is 11.9. The molecule has 0 aromatic heterocycles. The number of sulfonamides is 1. The molecule has 0 unspecified atom stereocenters. The molecular weight excluding hydrogens is 554 g/mol. The van der Waals surface area contributed by atoms with Gasteiger partial charge in [-0.2, -0.15) is 0 Å². The highest BCUT2D eigenvalue weighted by molar-refractivity contribution is 7.92. The third-order valence-electron chi connectivity index (χ3n) is 7.04. The minimum Gasteiger partial charge on any atom is -0.493 e. The van der Waals surface area contributed by atoms with Crippen LogP contribution < -0.4 is 14.2 Å². The SMILES string of the molecule is COc1ccc(S(=O)(=O)Nc2ccc(Cl)cc2CC(=O)N(C)[C@H](CN2CC[C@H](O)C2)c2ccccc2)cc1OC. The van der Waals surface area contributed by atoms with E-state index in [0.717, 1.165) is 12.1 Å². The van der Waals surface area contributed by atoms with Gasteiger partial charge in [0.25, 0.3) is 10.0 Å². The van der Waals surface area contributed by atoms with Crippen LogP contribution in [0.4, 0.5) is 5.69 Å². The van der Waals surface area contributed by atoms with Crippen molar-refractivity contribution in [2.75, 3.05) is 45.6 Å². The van der Waals surface area contributed by atoms with Crippen molar-refractivity contribution in [2.24, 2.45) is 0 Å². The first kappa shape index (κ1) is 29.7. The van der Waals surface area contributed by atoms with E-state index < -0.39 is 10.0 Å². The van der Waals surface area contributed by atoms with Gasteiger partial charge in [-0.1, -0.05) is 41.9 Å². The molecule has 1 amide bonds. The monoisotopic (exact) mass is 587 g/mol. The Balaban J connectivity index is 1.57. The lowest BCUT2D eigenvalue weighted by molar-refractivity contribution is -0.131. The Morgan fingerprint density at radius 3 is 2.48 bits per heavy atom. The number of methoxy groups -OCH3 is 2. The number of aliphatic hydroxyl groups is 1. The maximum Gasteiger partial charge on any atom is 0.262 e. The summed E-state index contributed by atoms with van der Waals surface area (Å²) >= 11 is 6.26. The predicted molar refractivity (Wildman–Crippen MR) is 155 cm³/mol. The number of hydrogen-bond donors (Lipinski definition) is 2. The van der Waals surface area contributed by atoms with Crippen molar-refractivity contribution in [3.63, 3.8) is 0 Å². The number of halogens is 1. The van der Waals surface area contributed by atoms with E-state index in [1.807, 2.05) is 30.3 Å². The van der Waals surface area contributed by atoms with Crippen molar-refractivity contribution in [3.05, 3.63) is 82.9 Å².